The molecule has 0 saturated carbocycles. The fraction of sp³-hybridized carbons (Fsp3) is 0. The summed E-state index contributed by atoms with van der Waals surface area (Å²) >= 11 is 0. The van der Waals surface area contributed by atoms with Crippen LogP contribution in [-0.2, 0) is 0 Å². The zero-order valence-corrected chi connectivity index (χ0v) is 21.5. The summed E-state index contributed by atoms with van der Waals surface area (Å²) < 4.78 is 0. The number of fused-ring (bicyclic) bond motifs is 2. The van der Waals surface area contributed by atoms with Crippen LogP contribution in [0, 0.1) is 0 Å². The van der Waals surface area contributed by atoms with E-state index in [0.717, 1.165) is 24.3 Å². The summed E-state index contributed by atoms with van der Waals surface area (Å²) in [4.78, 5) is 27.4. The van der Waals surface area contributed by atoms with Crippen molar-refractivity contribution in [3.63, 3.8) is 0 Å². The van der Waals surface area contributed by atoms with Crippen molar-refractivity contribution < 1.29 is 40.9 Å². The topological polar surface area (TPSA) is 202 Å². The van der Waals surface area contributed by atoms with E-state index in [1.54, 1.807) is 0 Å². The van der Waals surface area contributed by atoms with Crippen LogP contribution in [0.3, 0.4) is 0 Å². The van der Waals surface area contributed by atoms with Crippen molar-refractivity contribution in [1.82, 2.24) is 0 Å². The maximum atomic E-state index is 13.7. The summed E-state index contributed by atoms with van der Waals surface area (Å²) in [5, 5.41) is 88.7. The number of aromatic hydroxyl groups is 6. The third-order valence-corrected chi connectivity index (χ3v) is 7.77. The summed E-state index contributed by atoms with van der Waals surface area (Å²) in [6.07, 6.45) is 0. The normalized spacial score (nSPS) is 12.4. The Kier molecular flexibility index (Phi) is 4.24. The molecule has 0 aromatic heterocycles. The van der Waals surface area contributed by atoms with Gasteiger partial charge in [-0.05, 0) is 22.9 Å². The van der Waals surface area contributed by atoms with Gasteiger partial charge in [-0.1, -0.05) is 11.5 Å². The molecule has 39 heavy (non-hydrogen) atoms. The molecule has 0 fully saturated rings. The molecule has 0 unspecified atom stereocenters. The molecular weight excluding hydrogens is 536 g/mol. The molecule has 8 rings (SSSR count). The third-order valence-electron chi connectivity index (χ3n) is 7.77. The number of hydrogen-bond acceptors (Lipinski definition) is 10. The van der Waals surface area contributed by atoms with E-state index in [4.69, 9.17) is 0 Å². The Morgan fingerprint density at radius 1 is 0.359 bits per heavy atom. The Morgan fingerprint density at radius 2 is 0.590 bits per heavy atom. The van der Waals surface area contributed by atoms with E-state index < -0.39 is 56.9 Å². The van der Waals surface area contributed by atoms with Gasteiger partial charge >= 0.3 is 37.7 Å². The van der Waals surface area contributed by atoms with Gasteiger partial charge in [0.05, 0.1) is 21.5 Å². The molecule has 0 saturated heterocycles. The van der Waals surface area contributed by atoms with Crippen molar-refractivity contribution >= 4 is 113 Å². The Morgan fingerprint density at radius 3 is 0.923 bits per heavy atom. The predicted octanol–water partition coefficient (Wildman–Crippen LogP) is 2.23. The van der Waals surface area contributed by atoms with Gasteiger partial charge in [0, 0.05) is 55.2 Å². The van der Waals surface area contributed by atoms with Crippen LogP contribution in [0.2, 0.25) is 0 Å². The fourth-order valence-corrected chi connectivity index (χ4v) is 6.52. The molecule has 8 aromatic rings. The van der Waals surface area contributed by atoms with E-state index >= 15 is 0 Å². The minimum Gasteiger partial charge on any atom is -0.872 e. The predicted molar refractivity (Wildman–Crippen MR) is 141 cm³/mol. The van der Waals surface area contributed by atoms with E-state index in [-0.39, 0.29) is 113 Å². The molecule has 184 valence electrons. The van der Waals surface area contributed by atoms with E-state index in [1.165, 1.54) is 0 Å². The van der Waals surface area contributed by atoms with Crippen LogP contribution in [0.5, 0.6) is 46.0 Å². The quantitative estimate of drug-likeness (QED) is 0.0930. The molecule has 0 atom stereocenters. The zero-order chi connectivity index (χ0) is 26.7. The van der Waals surface area contributed by atoms with E-state index in [1.807, 2.05) is 0 Å². The SMILES string of the molecule is O=c1c2c(O)cc([O-])c3c4c([O-])cc(O)c5c(=O)c6c(O)cc(O)c7c8c(O)cc(O)c1c8c(c23)c(c54)c67.[Ca+2]. The summed E-state index contributed by atoms with van der Waals surface area (Å²) in [6.45, 7) is 0. The first kappa shape index (κ1) is 23.7. The van der Waals surface area contributed by atoms with Gasteiger partial charge in [-0.2, -0.15) is 0 Å². The average Bonchev–Trinajstić information content (AvgIpc) is 2.82. The van der Waals surface area contributed by atoms with E-state index in [9.17, 15) is 50.4 Å². The van der Waals surface area contributed by atoms with Crippen LogP contribution >= 0.6 is 0 Å². The summed E-state index contributed by atoms with van der Waals surface area (Å²) in [7, 11) is 0. The van der Waals surface area contributed by atoms with Crippen LogP contribution in [0.15, 0.2) is 33.9 Å². The summed E-state index contributed by atoms with van der Waals surface area (Å²) in [6, 6.07) is 3.25. The van der Waals surface area contributed by atoms with Gasteiger partial charge in [0.1, 0.15) is 34.5 Å². The van der Waals surface area contributed by atoms with Crippen molar-refractivity contribution in [2.24, 2.45) is 0 Å². The fourth-order valence-electron chi connectivity index (χ4n) is 6.52. The van der Waals surface area contributed by atoms with Crippen LogP contribution in [0.4, 0.5) is 0 Å². The number of hydrogen-bond donors (Lipinski definition) is 6. The van der Waals surface area contributed by atoms with Crippen LogP contribution < -0.4 is 21.1 Å². The average molecular weight is 546 g/mol. The number of benzene rings is 8. The van der Waals surface area contributed by atoms with Crippen LogP contribution in [-0.4, -0.2) is 68.4 Å². The van der Waals surface area contributed by atoms with Gasteiger partial charge in [-0.15, -0.1) is 0 Å². The molecule has 0 heterocycles. The first-order chi connectivity index (χ1) is 18.0. The minimum absolute atomic E-state index is 0. The Bertz CT molecular complexity index is 2180. The Balaban J connectivity index is 0.00000253. The van der Waals surface area contributed by atoms with Crippen LogP contribution in [0.25, 0.3) is 75.4 Å². The van der Waals surface area contributed by atoms with Gasteiger partial charge in [0.25, 0.3) is 0 Å². The second kappa shape index (κ2) is 6.97. The molecule has 0 bridgehead atoms. The summed E-state index contributed by atoms with van der Waals surface area (Å²) in [5.74, 6) is -5.59. The molecule has 6 N–H and O–H groups in total. The third kappa shape index (κ3) is 2.35. The largest absolute Gasteiger partial charge is 2.00 e. The molecule has 0 amide bonds. The molecule has 0 aliphatic heterocycles. The van der Waals surface area contributed by atoms with Crippen molar-refractivity contribution in [2.45, 2.75) is 0 Å². The number of phenols is 6. The maximum Gasteiger partial charge on any atom is 2.00 e. The Labute approximate surface area is 243 Å². The second-order valence-electron chi connectivity index (χ2n) is 9.53. The molecule has 0 radical (unpaired) electrons. The smallest absolute Gasteiger partial charge is 0.872 e. The molecule has 10 nitrogen and oxygen atoms in total. The maximum absolute atomic E-state index is 13.7. The number of phenolic OH excluding ortho intramolecular Hbond substituents is 6. The molecule has 0 aliphatic rings. The van der Waals surface area contributed by atoms with Gasteiger partial charge in [-0.25, -0.2) is 0 Å². The molecule has 11 heteroatoms. The first-order valence-corrected chi connectivity index (χ1v) is 11.2. The van der Waals surface area contributed by atoms with Crippen molar-refractivity contribution in [3.05, 3.63) is 44.7 Å². The van der Waals surface area contributed by atoms with E-state index in [0.29, 0.717) is 0 Å². The molecule has 0 spiro atoms. The van der Waals surface area contributed by atoms with Crippen LogP contribution in [0.1, 0.15) is 0 Å². The minimum atomic E-state index is -0.902. The first-order valence-electron chi connectivity index (χ1n) is 11.2. The second-order valence-corrected chi connectivity index (χ2v) is 9.53. The van der Waals surface area contributed by atoms with Crippen molar-refractivity contribution in [2.75, 3.05) is 0 Å². The Hall–Kier alpha value is -4.38. The van der Waals surface area contributed by atoms with E-state index in [2.05, 4.69) is 0 Å². The van der Waals surface area contributed by atoms with Crippen molar-refractivity contribution in [1.29, 1.82) is 0 Å². The van der Waals surface area contributed by atoms with Crippen molar-refractivity contribution in [3.8, 4) is 46.0 Å². The molecular formula is C28H10CaO10. The van der Waals surface area contributed by atoms with Gasteiger partial charge in [-0.3, -0.25) is 9.59 Å². The zero-order valence-electron chi connectivity index (χ0n) is 19.3. The monoisotopic (exact) mass is 546 g/mol. The molecule has 8 aromatic carbocycles. The van der Waals surface area contributed by atoms with Gasteiger partial charge < -0.3 is 40.9 Å². The summed E-state index contributed by atoms with van der Waals surface area (Å²) in [5.41, 5.74) is -1.80. The number of rotatable bonds is 0. The van der Waals surface area contributed by atoms with Gasteiger partial charge in [0.2, 0.25) is 10.9 Å². The van der Waals surface area contributed by atoms with Gasteiger partial charge in [0.15, 0.2) is 0 Å². The molecule has 0 aliphatic carbocycles. The standard InChI is InChI=1S/C28H12O10.Ca/c29-5-1-9(33)17-21-13(5)14-6(30)2-11(35)19-22(14)26-24-16(8(32)4-12(36)20(24)28(19)38)15-7(31)3-10(34)18(27(17)37)23(15)25(21)26;/h1-4,29-36H;/q;+2/p-2.